The Morgan fingerprint density at radius 3 is 1.78 bits per heavy atom. The molecular formula is C46H35N5. The highest BCUT2D eigenvalue weighted by Gasteiger charge is 2.41. The Bertz CT molecular complexity index is 2610. The Labute approximate surface area is 296 Å². The van der Waals surface area contributed by atoms with E-state index in [0.29, 0.717) is 17.6 Å². The van der Waals surface area contributed by atoms with Crippen LogP contribution < -0.4 is 0 Å². The van der Waals surface area contributed by atoms with Gasteiger partial charge in [0.05, 0.1) is 16.7 Å². The summed E-state index contributed by atoms with van der Waals surface area (Å²) in [4.78, 5) is 15.9. The highest BCUT2D eigenvalue weighted by molar-refractivity contribution is 6.11. The van der Waals surface area contributed by atoms with Gasteiger partial charge in [0.15, 0.2) is 11.6 Å². The Morgan fingerprint density at radius 2 is 1.14 bits per heavy atom. The SMILES string of the molecule is CC1(C)C2=C(CCC=C2)n2cc3c4ccccc4n(-c4nc(-c5cccc(-c6ccccc6)c5)nc(-c5cccc(-c6ccccc6)c5)n4)c3c21. The number of para-hydroxylation sites is 1. The molecule has 0 radical (unpaired) electrons. The van der Waals surface area contributed by atoms with E-state index in [4.69, 9.17) is 15.0 Å². The summed E-state index contributed by atoms with van der Waals surface area (Å²) < 4.78 is 4.75. The molecular weight excluding hydrogens is 623 g/mol. The Balaban J connectivity index is 1.24. The molecule has 5 nitrogen and oxygen atoms in total. The quantitative estimate of drug-likeness (QED) is 0.185. The smallest absolute Gasteiger partial charge is 0.238 e. The maximum absolute atomic E-state index is 5.33. The highest BCUT2D eigenvalue weighted by Crippen LogP contribution is 2.51. The van der Waals surface area contributed by atoms with Crippen molar-refractivity contribution in [1.82, 2.24) is 24.1 Å². The number of rotatable bonds is 5. The summed E-state index contributed by atoms with van der Waals surface area (Å²) in [5.41, 5.74) is 12.6. The van der Waals surface area contributed by atoms with Crippen LogP contribution in [0.4, 0.5) is 0 Å². The summed E-state index contributed by atoms with van der Waals surface area (Å²) in [6.07, 6.45) is 9.10. The first-order valence-corrected chi connectivity index (χ1v) is 17.7. The molecule has 0 N–H and O–H groups in total. The van der Waals surface area contributed by atoms with E-state index in [0.717, 1.165) is 57.3 Å². The van der Waals surface area contributed by atoms with Crippen LogP contribution in [0.15, 0.2) is 157 Å². The molecule has 0 atom stereocenters. The first-order valence-electron chi connectivity index (χ1n) is 17.7. The fraction of sp³-hybridized carbons (Fsp3) is 0.109. The lowest BCUT2D eigenvalue weighted by Crippen LogP contribution is -2.18. The number of nitrogens with zero attached hydrogens (tertiary/aromatic N) is 5. The van der Waals surface area contributed by atoms with Crippen LogP contribution >= 0.6 is 0 Å². The lowest BCUT2D eigenvalue weighted by atomic mass is 9.80. The van der Waals surface area contributed by atoms with Gasteiger partial charge in [-0.25, -0.2) is 4.98 Å². The maximum Gasteiger partial charge on any atom is 0.238 e. The van der Waals surface area contributed by atoms with E-state index in [9.17, 15) is 0 Å². The van der Waals surface area contributed by atoms with E-state index >= 15 is 0 Å². The number of benzene rings is 5. The minimum atomic E-state index is -0.188. The van der Waals surface area contributed by atoms with Gasteiger partial charge in [0.2, 0.25) is 5.95 Å². The Kier molecular flexibility index (Phi) is 6.59. The standard InChI is InChI=1S/C46H35N5/c1-46(2)38-24-10-12-26-40(38)50-29-37-36-23-9-11-25-39(36)51(41(37)42(46)50)45-48-43(34-21-13-19-32(27-34)30-15-5-3-6-16-30)47-44(49-45)35-22-14-20-33(28-35)31-17-7-4-8-18-31/h3-11,13-25,27-29H,12,26H2,1-2H3. The lowest BCUT2D eigenvalue weighted by Gasteiger charge is -2.23. The van der Waals surface area contributed by atoms with Crippen LogP contribution in [0, 0.1) is 0 Å². The summed E-state index contributed by atoms with van der Waals surface area (Å²) >= 11 is 0. The topological polar surface area (TPSA) is 48.5 Å². The number of hydrogen-bond acceptors (Lipinski definition) is 3. The second-order valence-corrected chi connectivity index (χ2v) is 14.1. The third kappa shape index (κ3) is 4.65. The largest absolute Gasteiger partial charge is 0.321 e. The molecule has 0 saturated carbocycles. The second-order valence-electron chi connectivity index (χ2n) is 14.1. The molecule has 51 heavy (non-hydrogen) atoms. The van der Waals surface area contributed by atoms with Crippen LogP contribution in [0.25, 0.3) is 78.5 Å². The summed E-state index contributed by atoms with van der Waals surface area (Å²) in [7, 11) is 0. The van der Waals surface area contributed by atoms with Crippen LogP contribution in [-0.4, -0.2) is 24.1 Å². The third-order valence-electron chi connectivity index (χ3n) is 10.6. The fourth-order valence-corrected chi connectivity index (χ4v) is 8.21. The summed E-state index contributed by atoms with van der Waals surface area (Å²) in [6, 6.07) is 46.6. The zero-order valence-corrected chi connectivity index (χ0v) is 28.6. The molecule has 0 bridgehead atoms. The van der Waals surface area contributed by atoms with Crippen LogP contribution in [0.1, 0.15) is 32.4 Å². The molecule has 0 spiro atoms. The van der Waals surface area contributed by atoms with Crippen molar-refractivity contribution < 1.29 is 0 Å². The van der Waals surface area contributed by atoms with Gasteiger partial charge in [-0.15, -0.1) is 0 Å². The predicted octanol–water partition coefficient (Wildman–Crippen LogP) is 11.3. The van der Waals surface area contributed by atoms with Gasteiger partial charge in [0.1, 0.15) is 0 Å². The van der Waals surface area contributed by atoms with Crippen molar-refractivity contribution in [1.29, 1.82) is 0 Å². The fourth-order valence-electron chi connectivity index (χ4n) is 8.21. The molecule has 5 heteroatoms. The predicted molar refractivity (Wildman–Crippen MR) is 209 cm³/mol. The minimum absolute atomic E-state index is 0.188. The third-order valence-corrected chi connectivity index (χ3v) is 10.6. The first-order chi connectivity index (χ1) is 25.0. The van der Waals surface area contributed by atoms with Crippen LogP contribution in [0.3, 0.4) is 0 Å². The van der Waals surface area contributed by atoms with Crippen molar-refractivity contribution in [3.8, 4) is 51.0 Å². The molecule has 0 fully saturated rings. The molecule has 3 aromatic heterocycles. The van der Waals surface area contributed by atoms with E-state index < -0.39 is 0 Å². The van der Waals surface area contributed by atoms with Crippen LogP contribution in [0.2, 0.25) is 0 Å². The van der Waals surface area contributed by atoms with Gasteiger partial charge in [-0.2, -0.15) is 9.97 Å². The monoisotopic (exact) mass is 657 g/mol. The van der Waals surface area contributed by atoms with Crippen molar-refractivity contribution >= 4 is 27.5 Å². The average molecular weight is 658 g/mol. The molecule has 5 aromatic carbocycles. The number of allylic oxidation sites excluding steroid dienone is 4. The van der Waals surface area contributed by atoms with E-state index in [1.54, 1.807) is 0 Å². The molecule has 2 aliphatic rings. The van der Waals surface area contributed by atoms with Gasteiger partial charge in [-0.3, -0.25) is 4.57 Å². The molecule has 8 aromatic rings. The second kappa shape index (κ2) is 11.4. The minimum Gasteiger partial charge on any atom is -0.321 e. The molecule has 0 amide bonds. The van der Waals surface area contributed by atoms with Gasteiger partial charge in [-0.05, 0) is 58.9 Å². The van der Waals surface area contributed by atoms with Crippen molar-refractivity contribution in [2.75, 3.05) is 0 Å². The number of aromatic nitrogens is 5. The zero-order valence-electron chi connectivity index (χ0n) is 28.6. The maximum atomic E-state index is 5.33. The molecule has 0 saturated heterocycles. The van der Waals surface area contributed by atoms with E-state index in [1.807, 2.05) is 12.1 Å². The average Bonchev–Trinajstić information content (AvgIpc) is 3.81. The normalized spacial score (nSPS) is 14.7. The van der Waals surface area contributed by atoms with Crippen LogP contribution in [-0.2, 0) is 5.41 Å². The van der Waals surface area contributed by atoms with Gasteiger partial charge < -0.3 is 4.57 Å². The molecule has 1 aliphatic heterocycles. The molecule has 0 unspecified atom stereocenters. The van der Waals surface area contributed by atoms with Crippen molar-refractivity contribution in [3.63, 3.8) is 0 Å². The molecule has 4 heterocycles. The number of fused-ring (bicyclic) bond motifs is 6. The Hall–Kier alpha value is -6.33. The summed E-state index contributed by atoms with van der Waals surface area (Å²) in [5, 5.41) is 2.41. The molecule has 244 valence electrons. The zero-order chi connectivity index (χ0) is 34.1. The van der Waals surface area contributed by atoms with Gasteiger partial charge >= 0.3 is 0 Å². The van der Waals surface area contributed by atoms with Crippen molar-refractivity contribution in [2.24, 2.45) is 0 Å². The lowest BCUT2D eigenvalue weighted by molar-refractivity contribution is 0.638. The van der Waals surface area contributed by atoms with E-state index in [1.165, 1.54) is 27.7 Å². The van der Waals surface area contributed by atoms with Gasteiger partial charge in [0.25, 0.3) is 0 Å². The van der Waals surface area contributed by atoms with Gasteiger partial charge in [-0.1, -0.05) is 141 Å². The van der Waals surface area contributed by atoms with E-state index in [-0.39, 0.29) is 5.41 Å². The highest BCUT2D eigenvalue weighted by atomic mass is 15.2. The van der Waals surface area contributed by atoms with Crippen LogP contribution in [0.5, 0.6) is 0 Å². The van der Waals surface area contributed by atoms with Crippen molar-refractivity contribution in [3.05, 3.63) is 163 Å². The summed E-state index contributed by atoms with van der Waals surface area (Å²) in [5.74, 6) is 1.89. The van der Waals surface area contributed by atoms with Gasteiger partial charge in [0, 0.05) is 39.2 Å². The Morgan fingerprint density at radius 1 is 0.569 bits per heavy atom. The summed E-state index contributed by atoms with van der Waals surface area (Å²) in [6.45, 7) is 4.71. The molecule has 10 rings (SSSR count). The van der Waals surface area contributed by atoms with E-state index in [2.05, 4.69) is 163 Å². The van der Waals surface area contributed by atoms with Crippen molar-refractivity contribution in [2.45, 2.75) is 32.1 Å². The first kappa shape index (κ1) is 29.6. The number of hydrogen-bond donors (Lipinski definition) is 0. The molecule has 1 aliphatic carbocycles.